The van der Waals surface area contributed by atoms with E-state index in [1.54, 1.807) is 16.7 Å². The third-order valence-corrected chi connectivity index (χ3v) is 6.93. The zero-order valence-electron chi connectivity index (χ0n) is 17.8. The Labute approximate surface area is 167 Å². The first-order chi connectivity index (χ1) is 13.1. The van der Waals surface area contributed by atoms with Crippen LogP contribution >= 0.6 is 0 Å². The highest BCUT2D eigenvalue weighted by Crippen LogP contribution is 2.41. The predicted octanol–water partition coefficient (Wildman–Crippen LogP) is 7.67. The minimum atomic E-state index is 0.819. The Kier molecular flexibility index (Phi) is 7.16. The molecule has 2 atom stereocenters. The Hall–Kier alpha value is -1.56. The van der Waals surface area contributed by atoms with Crippen molar-refractivity contribution in [3.05, 3.63) is 71.3 Å². The first-order valence-electron chi connectivity index (χ1n) is 11.2. The van der Waals surface area contributed by atoms with Gasteiger partial charge in [0.25, 0.3) is 0 Å². The summed E-state index contributed by atoms with van der Waals surface area (Å²) in [4.78, 5) is 0. The lowest BCUT2D eigenvalue weighted by atomic mass is 9.71. The first-order valence-corrected chi connectivity index (χ1v) is 11.2. The van der Waals surface area contributed by atoms with Crippen LogP contribution < -0.4 is 0 Å². The van der Waals surface area contributed by atoms with Gasteiger partial charge in [0.05, 0.1) is 0 Å². The number of hydrogen-bond donors (Lipinski definition) is 0. The van der Waals surface area contributed by atoms with Gasteiger partial charge in [-0.25, -0.2) is 0 Å². The topological polar surface area (TPSA) is 0 Å². The Morgan fingerprint density at radius 1 is 0.667 bits per heavy atom. The minimum absolute atomic E-state index is 0.819. The maximum atomic E-state index is 2.38. The second-order valence-corrected chi connectivity index (χ2v) is 9.39. The van der Waals surface area contributed by atoms with Gasteiger partial charge in [0, 0.05) is 0 Å². The summed E-state index contributed by atoms with van der Waals surface area (Å²) in [6.07, 6.45) is 8.28. The summed E-state index contributed by atoms with van der Waals surface area (Å²) in [6, 6.07) is 20.0. The summed E-state index contributed by atoms with van der Waals surface area (Å²) in [5.74, 6) is 4.27. The van der Waals surface area contributed by atoms with Crippen molar-refractivity contribution in [1.29, 1.82) is 0 Å². The van der Waals surface area contributed by atoms with Crippen LogP contribution in [0.25, 0.3) is 0 Å². The zero-order valence-corrected chi connectivity index (χ0v) is 17.8. The summed E-state index contributed by atoms with van der Waals surface area (Å²) in [5.41, 5.74) is 4.73. The van der Waals surface area contributed by atoms with Crippen molar-refractivity contribution in [2.24, 2.45) is 23.7 Å². The lowest BCUT2D eigenvalue weighted by Gasteiger charge is -2.34. The highest BCUT2D eigenvalue weighted by molar-refractivity contribution is 5.32. The van der Waals surface area contributed by atoms with Crippen LogP contribution in [0.15, 0.2) is 54.6 Å². The molecule has 4 rings (SSSR count). The van der Waals surface area contributed by atoms with E-state index in [0.29, 0.717) is 0 Å². The fraction of sp³-hybridized carbons (Fsp3) is 0.556. The SMILES string of the molecule is CC(C)C1Cc2ccccc2C1.CC(C)[C@H]1CCCCC1c1ccccc1. The van der Waals surface area contributed by atoms with Gasteiger partial charge in [0.1, 0.15) is 0 Å². The maximum Gasteiger partial charge on any atom is -0.0131 e. The van der Waals surface area contributed by atoms with Gasteiger partial charge in [-0.1, -0.05) is 95.1 Å². The van der Waals surface area contributed by atoms with E-state index in [-0.39, 0.29) is 0 Å². The van der Waals surface area contributed by atoms with E-state index >= 15 is 0 Å². The van der Waals surface area contributed by atoms with Crippen molar-refractivity contribution in [2.75, 3.05) is 0 Å². The number of hydrogen-bond acceptors (Lipinski definition) is 0. The molecule has 0 bridgehead atoms. The van der Waals surface area contributed by atoms with Gasteiger partial charge in [0.2, 0.25) is 0 Å². The number of rotatable bonds is 3. The van der Waals surface area contributed by atoms with E-state index < -0.39 is 0 Å². The zero-order chi connectivity index (χ0) is 19.2. The fourth-order valence-corrected chi connectivity index (χ4v) is 5.14. The largest absolute Gasteiger partial charge is 0.0625 e. The Bertz CT molecular complexity index is 657. The molecule has 2 aromatic carbocycles. The predicted molar refractivity (Wildman–Crippen MR) is 118 cm³/mol. The van der Waals surface area contributed by atoms with Crippen LogP contribution in [0.2, 0.25) is 0 Å². The second kappa shape index (κ2) is 9.58. The molecule has 0 N–H and O–H groups in total. The molecule has 0 aromatic heterocycles. The maximum absolute atomic E-state index is 2.38. The monoisotopic (exact) mass is 362 g/mol. The molecule has 1 saturated carbocycles. The molecule has 0 nitrogen and oxygen atoms in total. The molecule has 0 saturated heterocycles. The Morgan fingerprint density at radius 2 is 1.22 bits per heavy atom. The minimum Gasteiger partial charge on any atom is -0.0625 e. The van der Waals surface area contributed by atoms with E-state index in [1.165, 1.54) is 38.5 Å². The van der Waals surface area contributed by atoms with E-state index in [1.807, 2.05) is 0 Å². The van der Waals surface area contributed by atoms with Crippen molar-refractivity contribution >= 4 is 0 Å². The molecule has 1 fully saturated rings. The van der Waals surface area contributed by atoms with Gasteiger partial charge >= 0.3 is 0 Å². The van der Waals surface area contributed by atoms with Gasteiger partial charge in [0.15, 0.2) is 0 Å². The molecule has 2 aliphatic rings. The lowest BCUT2D eigenvalue weighted by Crippen LogP contribution is -2.22. The van der Waals surface area contributed by atoms with Crippen LogP contribution in [0, 0.1) is 23.7 Å². The molecular formula is C27H38. The summed E-state index contributed by atoms with van der Waals surface area (Å²) in [6.45, 7) is 9.42. The first kappa shape index (κ1) is 20.2. The summed E-state index contributed by atoms with van der Waals surface area (Å²) in [7, 11) is 0. The third-order valence-electron chi connectivity index (χ3n) is 6.93. The van der Waals surface area contributed by atoms with E-state index in [9.17, 15) is 0 Å². The second-order valence-electron chi connectivity index (χ2n) is 9.39. The molecule has 146 valence electrons. The van der Waals surface area contributed by atoms with Crippen LogP contribution in [0.4, 0.5) is 0 Å². The molecule has 2 aliphatic carbocycles. The van der Waals surface area contributed by atoms with Gasteiger partial charge in [-0.05, 0) is 72.0 Å². The van der Waals surface area contributed by atoms with Crippen molar-refractivity contribution < 1.29 is 0 Å². The van der Waals surface area contributed by atoms with Crippen molar-refractivity contribution in [1.82, 2.24) is 0 Å². The average molecular weight is 363 g/mol. The average Bonchev–Trinajstić information content (AvgIpc) is 3.14. The fourth-order valence-electron chi connectivity index (χ4n) is 5.14. The molecule has 2 aromatic rings. The van der Waals surface area contributed by atoms with Crippen LogP contribution in [0.3, 0.4) is 0 Å². The van der Waals surface area contributed by atoms with Crippen molar-refractivity contribution in [3.63, 3.8) is 0 Å². The summed E-state index contributed by atoms with van der Waals surface area (Å²) < 4.78 is 0. The molecule has 0 spiro atoms. The summed E-state index contributed by atoms with van der Waals surface area (Å²) in [5, 5.41) is 0. The standard InChI is InChI=1S/C15H22.C12H16/c1-12(2)14-10-6-7-11-15(14)13-8-4-3-5-9-13;1-9(2)12-7-10-5-3-4-6-11(10)8-12/h3-5,8-9,12,14-15H,6-7,10-11H2,1-2H3;3-6,9,12H,7-8H2,1-2H3/t14-,15?;/m1./s1. The molecule has 0 heteroatoms. The highest BCUT2D eigenvalue weighted by atomic mass is 14.3. The molecule has 0 amide bonds. The van der Waals surface area contributed by atoms with Crippen molar-refractivity contribution in [2.45, 2.75) is 72.1 Å². The quantitative estimate of drug-likeness (QED) is 0.525. The van der Waals surface area contributed by atoms with Gasteiger partial charge in [-0.2, -0.15) is 0 Å². The highest BCUT2D eigenvalue weighted by Gasteiger charge is 2.28. The Balaban J connectivity index is 0.000000159. The Morgan fingerprint density at radius 3 is 1.78 bits per heavy atom. The summed E-state index contributed by atoms with van der Waals surface area (Å²) >= 11 is 0. The molecule has 0 radical (unpaired) electrons. The van der Waals surface area contributed by atoms with E-state index in [0.717, 1.165) is 29.6 Å². The third kappa shape index (κ3) is 5.24. The smallest absolute Gasteiger partial charge is 0.0131 e. The lowest BCUT2D eigenvalue weighted by molar-refractivity contribution is 0.238. The molecule has 1 unspecified atom stereocenters. The van der Waals surface area contributed by atoms with Crippen LogP contribution in [-0.2, 0) is 12.8 Å². The van der Waals surface area contributed by atoms with Gasteiger partial charge < -0.3 is 0 Å². The van der Waals surface area contributed by atoms with Crippen LogP contribution in [0.1, 0.15) is 76.0 Å². The van der Waals surface area contributed by atoms with Crippen molar-refractivity contribution in [3.8, 4) is 0 Å². The van der Waals surface area contributed by atoms with E-state index in [2.05, 4.69) is 82.3 Å². The van der Waals surface area contributed by atoms with E-state index in [4.69, 9.17) is 0 Å². The molecule has 27 heavy (non-hydrogen) atoms. The van der Waals surface area contributed by atoms with Gasteiger partial charge in [-0.15, -0.1) is 0 Å². The van der Waals surface area contributed by atoms with Gasteiger partial charge in [-0.3, -0.25) is 0 Å². The normalized spacial score (nSPS) is 22.4. The molecule has 0 aliphatic heterocycles. The molecular weight excluding hydrogens is 324 g/mol. The molecule has 0 heterocycles. The van der Waals surface area contributed by atoms with Crippen LogP contribution in [-0.4, -0.2) is 0 Å². The number of benzene rings is 2. The number of fused-ring (bicyclic) bond motifs is 1. The van der Waals surface area contributed by atoms with Crippen LogP contribution in [0.5, 0.6) is 0 Å².